The fourth-order valence-corrected chi connectivity index (χ4v) is 2.98. The Morgan fingerprint density at radius 3 is 2.67 bits per heavy atom. The quantitative estimate of drug-likeness (QED) is 0.865. The Hall–Kier alpha value is -1.68. The molecule has 0 radical (unpaired) electrons. The minimum atomic E-state index is -1.26. The summed E-state index contributed by atoms with van der Waals surface area (Å²) in [4.78, 5) is 0.610. The molecule has 1 atom stereocenters. The van der Waals surface area contributed by atoms with Crippen molar-refractivity contribution in [3.63, 3.8) is 0 Å². The van der Waals surface area contributed by atoms with Crippen molar-refractivity contribution in [2.24, 2.45) is 0 Å². The highest BCUT2D eigenvalue weighted by atomic mass is 32.2. The van der Waals surface area contributed by atoms with Crippen molar-refractivity contribution in [3.05, 3.63) is 59.4 Å². The highest BCUT2D eigenvalue weighted by Crippen LogP contribution is 2.22. The maximum absolute atomic E-state index is 13.0. The third-order valence-electron chi connectivity index (χ3n) is 2.72. The summed E-state index contributed by atoms with van der Waals surface area (Å²) < 4.78 is 25.2. The molecule has 0 saturated carbocycles. The fourth-order valence-electron chi connectivity index (χ4n) is 1.71. The summed E-state index contributed by atoms with van der Waals surface area (Å²) in [5.74, 6) is -0.0486. The molecule has 1 unspecified atom stereocenters. The van der Waals surface area contributed by atoms with Crippen molar-refractivity contribution in [1.29, 1.82) is 0 Å². The van der Waals surface area contributed by atoms with E-state index in [0.29, 0.717) is 16.1 Å². The van der Waals surface area contributed by atoms with E-state index in [9.17, 15) is 8.60 Å². The molecular formula is C14H14FNOS. The minimum Gasteiger partial charge on any atom is -0.398 e. The van der Waals surface area contributed by atoms with Crippen molar-refractivity contribution >= 4 is 16.5 Å². The second-order valence-electron chi connectivity index (χ2n) is 4.11. The van der Waals surface area contributed by atoms with Gasteiger partial charge in [-0.3, -0.25) is 4.21 Å². The van der Waals surface area contributed by atoms with Gasteiger partial charge in [0, 0.05) is 0 Å². The Kier molecular flexibility index (Phi) is 3.77. The Balaban J connectivity index is 2.25. The van der Waals surface area contributed by atoms with Crippen LogP contribution in [0.25, 0.3) is 0 Å². The zero-order chi connectivity index (χ0) is 13.1. The molecule has 0 aromatic heterocycles. The number of benzene rings is 2. The van der Waals surface area contributed by atoms with E-state index >= 15 is 0 Å². The van der Waals surface area contributed by atoms with E-state index in [1.54, 1.807) is 18.2 Å². The van der Waals surface area contributed by atoms with Crippen LogP contribution in [-0.2, 0) is 16.6 Å². The van der Waals surface area contributed by atoms with E-state index < -0.39 is 10.8 Å². The molecule has 0 heterocycles. The van der Waals surface area contributed by atoms with Crippen molar-refractivity contribution < 1.29 is 8.60 Å². The summed E-state index contributed by atoms with van der Waals surface area (Å²) in [6, 6.07) is 11.6. The Morgan fingerprint density at radius 1 is 1.22 bits per heavy atom. The lowest BCUT2D eigenvalue weighted by molar-refractivity contribution is 0.626. The largest absolute Gasteiger partial charge is 0.398 e. The van der Waals surface area contributed by atoms with E-state index in [-0.39, 0.29) is 11.6 Å². The van der Waals surface area contributed by atoms with E-state index in [1.165, 1.54) is 12.1 Å². The normalized spacial score (nSPS) is 12.3. The first-order chi connectivity index (χ1) is 8.58. The molecule has 0 aliphatic carbocycles. The Labute approximate surface area is 108 Å². The number of halogens is 1. The molecule has 2 N–H and O–H groups in total. The zero-order valence-electron chi connectivity index (χ0n) is 10.0. The van der Waals surface area contributed by atoms with Gasteiger partial charge < -0.3 is 5.73 Å². The lowest BCUT2D eigenvalue weighted by Gasteiger charge is -2.08. The van der Waals surface area contributed by atoms with Gasteiger partial charge in [-0.15, -0.1) is 0 Å². The molecule has 0 aliphatic heterocycles. The summed E-state index contributed by atoms with van der Waals surface area (Å²) in [6.07, 6.45) is 0. The lowest BCUT2D eigenvalue weighted by atomic mass is 10.2. The minimum absolute atomic E-state index is 0.269. The maximum atomic E-state index is 13.0. The predicted octanol–water partition coefficient (Wildman–Crippen LogP) is 3.02. The third-order valence-corrected chi connectivity index (χ3v) is 4.16. The van der Waals surface area contributed by atoms with Gasteiger partial charge in [-0.2, -0.15) is 0 Å². The SMILES string of the molecule is Cc1cccc(S(=O)Cc2cccc(F)c2)c1N. The average Bonchev–Trinajstić information content (AvgIpc) is 2.32. The molecule has 4 heteroatoms. The molecule has 2 aromatic rings. The van der Waals surface area contributed by atoms with Gasteiger partial charge >= 0.3 is 0 Å². The van der Waals surface area contributed by atoms with Crippen LogP contribution in [0.15, 0.2) is 47.4 Å². The number of para-hydroxylation sites is 1. The molecule has 0 saturated heterocycles. The Morgan fingerprint density at radius 2 is 1.94 bits per heavy atom. The molecule has 18 heavy (non-hydrogen) atoms. The molecule has 0 amide bonds. The molecule has 2 nitrogen and oxygen atoms in total. The molecule has 0 fully saturated rings. The predicted molar refractivity (Wildman–Crippen MR) is 72.1 cm³/mol. The summed E-state index contributed by atoms with van der Waals surface area (Å²) in [6.45, 7) is 1.87. The number of rotatable bonds is 3. The van der Waals surface area contributed by atoms with Crippen LogP contribution in [0.1, 0.15) is 11.1 Å². The number of nitrogen functional groups attached to an aromatic ring is 1. The van der Waals surface area contributed by atoms with E-state index in [2.05, 4.69) is 0 Å². The lowest BCUT2D eigenvalue weighted by Crippen LogP contribution is -2.02. The number of nitrogens with two attached hydrogens (primary N) is 1. The van der Waals surface area contributed by atoms with Gasteiger partial charge in [0.15, 0.2) is 0 Å². The van der Waals surface area contributed by atoms with E-state index in [0.717, 1.165) is 5.56 Å². The molecule has 0 aliphatic rings. The van der Waals surface area contributed by atoms with Crippen LogP contribution in [0.5, 0.6) is 0 Å². The van der Waals surface area contributed by atoms with Gasteiger partial charge in [0.2, 0.25) is 0 Å². The first-order valence-electron chi connectivity index (χ1n) is 5.56. The van der Waals surface area contributed by atoms with Crippen LogP contribution in [-0.4, -0.2) is 4.21 Å². The highest BCUT2D eigenvalue weighted by molar-refractivity contribution is 7.84. The van der Waals surface area contributed by atoms with Crippen LogP contribution in [0.4, 0.5) is 10.1 Å². The zero-order valence-corrected chi connectivity index (χ0v) is 10.8. The van der Waals surface area contributed by atoms with Gasteiger partial charge in [-0.25, -0.2) is 4.39 Å². The first-order valence-corrected chi connectivity index (χ1v) is 6.87. The summed E-state index contributed by atoms with van der Waals surface area (Å²) in [5, 5.41) is 0. The Bertz CT molecular complexity index is 598. The second-order valence-corrected chi connectivity index (χ2v) is 5.53. The van der Waals surface area contributed by atoms with Gasteiger partial charge in [0.1, 0.15) is 5.82 Å². The van der Waals surface area contributed by atoms with Crippen LogP contribution in [0, 0.1) is 12.7 Å². The monoisotopic (exact) mass is 263 g/mol. The standard InChI is InChI=1S/C14H14FNOS/c1-10-4-2-7-13(14(10)16)18(17)9-11-5-3-6-12(15)8-11/h2-8H,9,16H2,1H3. The van der Waals surface area contributed by atoms with Gasteiger partial charge in [0.05, 0.1) is 27.1 Å². The summed E-state index contributed by atoms with van der Waals surface area (Å²) in [5.41, 5.74) is 8.05. The average molecular weight is 263 g/mol. The van der Waals surface area contributed by atoms with Gasteiger partial charge in [-0.05, 0) is 36.2 Å². The summed E-state index contributed by atoms with van der Waals surface area (Å²) in [7, 11) is -1.26. The maximum Gasteiger partial charge on any atom is 0.123 e. The molecule has 0 spiro atoms. The van der Waals surface area contributed by atoms with Crippen molar-refractivity contribution in [3.8, 4) is 0 Å². The van der Waals surface area contributed by atoms with Gasteiger partial charge in [-0.1, -0.05) is 24.3 Å². The molecular weight excluding hydrogens is 249 g/mol. The van der Waals surface area contributed by atoms with Crippen LogP contribution < -0.4 is 5.73 Å². The number of aryl methyl sites for hydroxylation is 1. The topological polar surface area (TPSA) is 43.1 Å². The smallest absolute Gasteiger partial charge is 0.123 e. The molecule has 0 bridgehead atoms. The number of anilines is 1. The third kappa shape index (κ3) is 2.76. The van der Waals surface area contributed by atoms with Crippen LogP contribution in [0.3, 0.4) is 0 Å². The van der Waals surface area contributed by atoms with Crippen molar-refractivity contribution in [2.75, 3.05) is 5.73 Å². The highest BCUT2D eigenvalue weighted by Gasteiger charge is 2.10. The summed E-state index contributed by atoms with van der Waals surface area (Å²) >= 11 is 0. The van der Waals surface area contributed by atoms with E-state index in [4.69, 9.17) is 5.73 Å². The molecule has 2 aromatic carbocycles. The second kappa shape index (κ2) is 5.31. The molecule has 2 rings (SSSR count). The van der Waals surface area contributed by atoms with Crippen molar-refractivity contribution in [1.82, 2.24) is 0 Å². The van der Waals surface area contributed by atoms with E-state index in [1.807, 2.05) is 19.1 Å². The molecule has 94 valence electrons. The first kappa shape index (κ1) is 12.8. The number of hydrogen-bond donors (Lipinski definition) is 1. The van der Waals surface area contributed by atoms with Crippen LogP contribution >= 0.6 is 0 Å². The van der Waals surface area contributed by atoms with Gasteiger partial charge in [0.25, 0.3) is 0 Å². The fraction of sp³-hybridized carbons (Fsp3) is 0.143. The number of hydrogen-bond acceptors (Lipinski definition) is 2. The van der Waals surface area contributed by atoms with Crippen molar-refractivity contribution in [2.45, 2.75) is 17.6 Å². The van der Waals surface area contributed by atoms with Crippen LogP contribution in [0.2, 0.25) is 0 Å².